The lowest BCUT2D eigenvalue weighted by Gasteiger charge is -2.63. The van der Waals surface area contributed by atoms with Crippen molar-refractivity contribution >= 4 is 69.1 Å². The van der Waals surface area contributed by atoms with Gasteiger partial charge in [0.15, 0.2) is 22.8 Å². The molecule has 3 heterocycles. The van der Waals surface area contributed by atoms with E-state index in [9.17, 15) is 73.2 Å². The van der Waals surface area contributed by atoms with Crippen LogP contribution in [-0.4, -0.2) is 156 Å². The van der Waals surface area contributed by atoms with Gasteiger partial charge in [-0.1, -0.05) is 66.1 Å². The number of nitrogens with zero attached hydrogens (tertiary/aromatic N) is 4. The molecule has 448 valence electrons. The number of rotatable bonds is 25. The largest absolute Gasteiger partial charge is 0.481 e. The molecule has 0 radical (unpaired) electrons. The molecule has 19 atom stereocenters. The molecule has 4 unspecified atom stereocenters. The summed E-state index contributed by atoms with van der Waals surface area (Å²) < 4.78 is 62.8. The molecule has 13 N–H and O–H groups in total. The van der Waals surface area contributed by atoms with Gasteiger partial charge < -0.3 is 66.2 Å². The lowest BCUT2D eigenvalue weighted by molar-refractivity contribution is -0.207. The zero-order valence-corrected chi connectivity index (χ0v) is 48.8. The molecule has 5 aliphatic rings. The molecule has 0 spiro atoms. The number of aliphatic hydroxyl groups excluding tert-OH is 5. The number of phosphoric acid groups is 3. The average Bonchev–Trinajstić information content (AvgIpc) is 3.87. The summed E-state index contributed by atoms with van der Waals surface area (Å²) in [6.45, 7) is 9.17. The van der Waals surface area contributed by atoms with Gasteiger partial charge >= 0.3 is 23.5 Å². The van der Waals surface area contributed by atoms with E-state index in [0.717, 1.165) is 80.4 Å². The standard InChI is InChI=1S/C48H80N7O20P3S/c1-25(29-10-11-30-36-31(20-34(58)48(29,30)6)47(5)14-12-28(56)18-27(47)19-32(36)57)8-7-9-26(2)45(63)79-17-16-50-35(59)13-15-51-43(62)40(61)46(3,4)22-72-78(69,70)75-77(67,68)71-21-33-39(74-76(64,65)66)38(60)44(73-33)55-24-54-37-41(49)52-23-53-42(37)55/h23-34,36,38-40,44,56-58,60-61H,7-22H2,1-6H3,(H,50,59)(H,51,62)(H,67,68)(H,69,70)(H2,49,52,53)(H2,64,65,66)/t25-,26-,27+,28-,29-,30+,31+,32-,33-,34?,36+,38-,39-,40+,44-,47+,48?/m1/s1. The van der Waals surface area contributed by atoms with Crippen LogP contribution >= 0.6 is 35.2 Å². The highest BCUT2D eigenvalue weighted by Crippen LogP contribution is 2.69. The number of fused-ring (bicyclic) bond motifs is 6. The van der Waals surface area contributed by atoms with E-state index >= 15 is 0 Å². The number of hydrogen-bond acceptors (Lipinski definition) is 21. The van der Waals surface area contributed by atoms with Gasteiger partial charge in [-0.05, 0) is 97.7 Å². The van der Waals surface area contributed by atoms with Crippen LogP contribution in [0, 0.1) is 57.7 Å². The smallest absolute Gasteiger partial charge is 0.393 e. The normalized spacial score (nSPS) is 34.6. The molecule has 4 aliphatic carbocycles. The van der Waals surface area contributed by atoms with Gasteiger partial charge in [-0.2, -0.15) is 4.31 Å². The van der Waals surface area contributed by atoms with E-state index in [1.807, 2.05) is 6.92 Å². The minimum atomic E-state index is -5.60. The Balaban J connectivity index is 0.770. The van der Waals surface area contributed by atoms with Crippen molar-refractivity contribution in [2.75, 3.05) is 37.8 Å². The molecule has 79 heavy (non-hydrogen) atoms. The Labute approximate surface area is 462 Å². The van der Waals surface area contributed by atoms with Crippen LogP contribution in [0.4, 0.5) is 5.82 Å². The lowest BCUT2D eigenvalue weighted by Crippen LogP contribution is -2.62. The van der Waals surface area contributed by atoms with E-state index in [1.54, 1.807) is 0 Å². The third kappa shape index (κ3) is 14.7. The van der Waals surface area contributed by atoms with Gasteiger partial charge in [0.05, 0.1) is 37.9 Å². The number of thioether (sulfide) groups is 1. The summed E-state index contributed by atoms with van der Waals surface area (Å²) in [5.41, 5.74) is 3.98. The molecule has 2 aromatic rings. The van der Waals surface area contributed by atoms with Gasteiger partial charge in [0.25, 0.3) is 0 Å². The van der Waals surface area contributed by atoms with Gasteiger partial charge in [-0.25, -0.2) is 28.6 Å². The zero-order chi connectivity index (χ0) is 58.2. The topological polar surface area (TPSA) is 424 Å². The van der Waals surface area contributed by atoms with Crippen LogP contribution in [0.15, 0.2) is 12.7 Å². The molecule has 2 aromatic heterocycles. The molecule has 7 rings (SSSR count). The Morgan fingerprint density at radius 2 is 1.65 bits per heavy atom. The molecule has 4 saturated carbocycles. The Morgan fingerprint density at radius 1 is 0.937 bits per heavy atom. The molecular weight excluding hydrogens is 1120 g/mol. The molecule has 1 aliphatic heterocycles. The van der Waals surface area contributed by atoms with E-state index in [0.29, 0.717) is 30.4 Å². The monoisotopic (exact) mass is 1200 g/mol. The van der Waals surface area contributed by atoms with E-state index in [2.05, 4.69) is 55.2 Å². The summed E-state index contributed by atoms with van der Waals surface area (Å²) in [5.74, 6) is 0.168. The number of carbonyl (C=O) groups excluding carboxylic acids is 3. The van der Waals surface area contributed by atoms with Gasteiger partial charge in [0.2, 0.25) is 11.8 Å². The first-order chi connectivity index (χ1) is 36.8. The van der Waals surface area contributed by atoms with Crippen molar-refractivity contribution in [2.45, 2.75) is 161 Å². The van der Waals surface area contributed by atoms with Crippen LogP contribution in [0.1, 0.15) is 118 Å². The molecule has 31 heteroatoms. The lowest BCUT2D eigenvalue weighted by atomic mass is 9.43. The second kappa shape index (κ2) is 25.3. The number of nitrogen functional groups attached to an aromatic ring is 1. The predicted molar refractivity (Wildman–Crippen MR) is 283 cm³/mol. The minimum absolute atomic E-state index is 0.00814. The van der Waals surface area contributed by atoms with Crippen molar-refractivity contribution in [1.82, 2.24) is 30.2 Å². The fraction of sp³-hybridized carbons (Fsp3) is 0.833. The summed E-state index contributed by atoms with van der Waals surface area (Å²) in [4.78, 5) is 89.9. The summed E-state index contributed by atoms with van der Waals surface area (Å²) in [7, 11) is -16.5. The maximum Gasteiger partial charge on any atom is 0.481 e. The number of ether oxygens (including phenoxy) is 1. The van der Waals surface area contributed by atoms with Gasteiger partial charge in [-0.3, -0.25) is 32.5 Å². The number of amides is 2. The summed E-state index contributed by atoms with van der Waals surface area (Å²) in [5, 5.41) is 60.8. The van der Waals surface area contributed by atoms with Crippen LogP contribution in [-0.2, 0) is 50.7 Å². The first kappa shape index (κ1) is 64.0. The number of phosphoric ester groups is 3. The first-order valence-electron chi connectivity index (χ1n) is 26.9. The van der Waals surface area contributed by atoms with Crippen LogP contribution in [0.2, 0.25) is 0 Å². The quantitative estimate of drug-likeness (QED) is 0.0502. The fourth-order valence-electron chi connectivity index (χ4n) is 13.6. The molecule has 0 bridgehead atoms. The van der Waals surface area contributed by atoms with E-state index in [-0.39, 0.29) is 88.1 Å². The van der Waals surface area contributed by atoms with Crippen LogP contribution in [0.5, 0.6) is 0 Å². The molecule has 2 amide bonds. The van der Waals surface area contributed by atoms with Crippen molar-refractivity contribution < 1.29 is 95.8 Å². The number of imidazole rings is 1. The van der Waals surface area contributed by atoms with E-state index in [1.165, 1.54) is 13.8 Å². The van der Waals surface area contributed by atoms with Crippen LogP contribution < -0.4 is 16.4 Å². The van der Waals surface area contributed by atoms with Crippen molar-refractivity contribution in [3.05, 3.63) is 12.7 Å². The number of nitrogens with two attached hydrogens (primary N) is 1. The van der Waals surface area contributed by atoms with Crippen molar-refractivity contribution in [1.29, 1.82) is 0 Å². The minimum Gasteiger partial charge on any atom is -0.393 e. The number of nitrogens with one attached hydrogen (secondary N) is 2. The van der Waals surface area contributed by atoms with Gasteiger partial charge in [-0.15, -0.1) is 0 Å². The van der Waals surface area contributed by atoms with Crippen LogP contribution in [0.25, 0.3) is 11.2 Å². The Hall–Kier alpha value is -2.56. The van der Waals surface area contributed by atoms with Crippen molar-refractivity contribution in [3.63, 3.8) is 0 Å². The molecular formula is C48H80N7O20P3S. The SMILES string of the molecule is C[C@H](CCC[C@@H](C)[C@H]1CC[C@H]2[C@@H]3[C@H](O)C[C@@H]4C[C@H](O)CC[C@]4(C)[C@H]3CC(O)C12C)C(=O)SCCNC(=O)CCNC(=O)[C@H](O)C(C)(C)COP(=O)(O)OP(=O)(O)OC[C@H]1O[C@@H](n2cnc3c(N)ncnc32)[C@H](O)[C@@H]1OP(=O)(O)O. The van der Waals surface area contributed by atoms with Crippen LogP contribution in [0.3, 0.4) is 0 Å². The Morgan fingerprint density at radius 3 is 2.35 bits per heavy atom. The highest BCUT2D eigenvalue weighted by Gasteiger charge is 2.66. The number of hydrogen-bond donors (Lipinski definition) is 12. The molecule has 1 saturated heterocycles. The number of aliphatic hydroxyl groups is 5. The van der Waals surface area contributed by atoms with Gasteiger partial charge in [0.1, 0.15) is 36.3 Å². The predicted octanol–water partition coefficient (Wildman–Crippen LogP) is 3.07. The fourth-order valence-corrected chi connectivity index (χ4v) is 17.3. The van der Waals surface area contributed by atoms with E-state index < -0.39 is 96.8 Å². The Kier molecular flexibility index (Phi) is 20.5. The van der Waals surface area contributed by atoms with Crippen molar-refractivity contribution in [2.24, 2.45) is 57.7 Å². The number of carbonyl (C=O) groups is 3. The number of anilines is 1. The highest BCUT2D eigenvalue weighted by molar-refractivity contribution is 8.13. The zero-order valence-electron chi connectivity index (χ0n) is 45.3. The maximum atomic E-state index is 13.1. The molecule has 0 aromatic carbocycles. The second-order valence-electron chi connectivity index (χ2n) is 23.6. The first-order valence-corrected chi connectivity index (χ1v) is 32.4. The molecule has 5 fully saturated rings. The summed E-state index contributed by atoms with van der Waals surface area (Å²) in [6, 6.07) is 0. The third-order valence-electron chi connectivity index (χ3n) is 18.0. The molecule has 27 nitrogen and oxygen atoms in total. The number of aromatic nitrogens is 4. The third-order valence-corrected chi connectivity index (χ3v) is 22.2. The summed E-state index contributed by atoms with van der Waals surface area (Å²) in [6.07, 6.45) is 0.0812. The average molecular weight is 1200 g/mol. The van der Waals surface area contributed by atoms with Gasteiger partial charge in [0, 0.05) is 36.6 Å². The van der Waals surface area contributed by atoms with Crippen molar-refractivity contribution in [3.8, 4) is 0 Å². The Bertz CT molecular complexity index is 2640. The summed E-state index contributed by atoms with van der Waals surface area (Å²) >= 11 is 1.12. The highest BCUT2D eigenvalue weighted by atomic mass is 32.2. The second-order valence-corrected chi connectivity index (χ2v) is 28.9. The van der Waals surface area contributed by atoms with E-state index in [4.69, 9.17) is 19.5 Å². The maximum absolute atomic E-state index is 13.1.